The Bertz CT molecular complexity index is 753. The minimum absolute atomic E-state index is 0.554. The molecular formula is C14H15F3N2O2S2. The van der Waals surface area contributed by atoms with Gasteiger partial charge in [0.1, 0.15) is 0 Å². The van der Waals surface area contributed by atoms with Gasteiger partial charge in [-0.25, -0.2) is 13.4 Å². The monoisotopic (exact) mass is 364 g/mol. The highest BCUT2D eigenvalue weighted by atomic mass is 32.2. The average Bonchev–Trinajstić information content (AvgIpc) is 2.95. The van der Waals surface area contributed by atoms with E-state index in [9.17, 15) is 21.6 Å². The molecule has 0 spiro atoms. The van der Waals surface area contributed by atoms with E-state index in [-0.39, 0.29) is 0 Å². The van der Waals surface area contributed by atoms with E-state index in [0.29, 0.717) is 18.7 Å². The Labute approximate surface area is 136 Å². The number of alkyl halides is 3. The van der Waals surface area contributed by atoms with E-state index in [1.165, 1.54) is 17.0 Å². The van der Waals surface area contributed by atoms with E-state index in [1.54, 1.807) is 11.3 Å². The lowest BCUT2D eigenvalue weighted by Gasteiger charge is -2.09. The molecule has 126 valence electrons. The minimum atomic E-state index is -5.29. The first-order valence-corrected chi connectivity index (χ1v) is 9.13. The fourth-order valence-electron chi connectivity index (χ4n) is 1.83. The highest BCUT2D eigenvalue weighted by Gasteiger charge is 2.46. The molecule has 0 aliphatic rings. The van der Waals surface area contributed by atoms with Crippen molar-refractivity contribution in [2.75, 3.05) is 11.9 Å². The number of rotatable bonds is 6. The minimum Gasteiger partial charge on any atom is -0.385 e. The van der Waals surface area contributed by atoms with Gasteiger partial charge in [-0.05, 0) is 30.7 Å². The normalized spacial score (nSPS) is 12.3. The lowest BCUT2D eigenvalue weighted by atomic mass is 10.3. The Kier molecular flexibility index (Phi) is 5.30. The zero-order chi connectivity index (χ0) is 17.1. The number of sulfone groups is 1. The molecule has 1 aromatic carbocycles. The van der Waals surface area contributed by atoms with Crippen LogP contribution >= 0.6 is 11.3 Å². The molecule has 0 amide bonds. The Balaban J connectivity index is 1.95. The summed E-state index contributed by atoms with van der Waals surface area (Å²) in [7, 11) is -5.29. The van der Waals surface area contributed by atoms with Crippen LogP contribution in [0, 0.1) is 0 Å². The van der Waals surface area contributed by atoms with Gasteiger partial charge in [0, 0.05) is 29.7 Å². The van der Waals surface area contributed by atoms with Crippen molar-refractivity contribution in [1.82, 2.24) is 4.98 Å². The van der Waals surface area contributed by atoms with E-state index >= 15 is 0 Å². The second-order valence-electron chi connectivity index (χ2n) is 4.72. The average molecular weight is 364 g/mol. The first-order valence-electron chi connectivity index (χ1n) is 6.83. The number of nitrogens with zero attached hydrogens (tertiary/aromatic N) is 1. The lowest BCUT2D eigenvalue weighted by molar-refractivity contribution is -0.0436. The third kappa shape index (κ3) is 4.23. The predicted molar refractivity (Wildman–Crippen MR) is 83.4 cm³/mol. The van der Waals surface area contributed by atoms with Crippen molar-refractivity contribution >= 4 is 26.9 Å². The maximum atomic E-state index is 12.4. The number of hydrogen-bond donors (Lipinski definition) is 1. The molecule has 4 nitrogen and oxygen atoms in total. The zero-order valence-electron chi connectivity index (χ0n) is 12.2. The number of benzene rings is 1. The van der Waals surface area contributed by atoms with Crippen LogP contribution in [0.3, 0.4) is 0 Å². The number of halogens is 3. The van der Waals surface area contributed by atoms with Gasteiger partial charge in [-0.1, -0.05) is 6.92 Å². The summed E-state index contributed by atoms with van der Waals surface area (Å²) in [5.41, 5.74) is -4.73. The van der Waals surface area contributed by atoms with Crippen LogP contribution in [0.5, 0.6) is 0 Å². The second-order valence-corrected chi connectivity index (χ2v) is 7.87. The quantitative estimate of drug-likeness (QED) is 0.850. The lowest BCUT2D eigenvalue weighted by Crippen LogP contribution is -2.23. The maximum Gasteiger partial charge on any atom is 0.501 e. The fourth-order valence-corrected chi connectivity index (χ4v) is 3.45. The largest absolute Gasteiger partial charge is 0.501 e. The number of nitrogens with one attached hydrogen (secondary N) is 1. The molecule has 9 heteroatoms. The van der Waals surface area contributed by atoms with Gasteiger partial charge in [0.15, 0.2) is 0 Å². The van der Waals surface area contributed by atoms with Gasteiger partial charge < -0.3 is 5.32 Å². The molecule has 1 heterocycles. The van der Waals surface area contributed by atoms with Crippen molar-refractivity contribution < 1.29 is 21.6 Å². The molecule has 2 rings (SSSR count). The molecule has 0 bridgehead atoms. The smallest absolute Gasteiger partial charge is 0.385 e. The summed E-state index contributed by atoms with van der Waals surface area (Å²) in [6.45, 7) is 2.61. The second kappa shape index (κ2) is 6.88. The summed E-state index contributed by atoms with van der Waals surface area (Å²) in [6.07, 6.45) is 3.45. The van der Waals surface area contributed by atoms with Gasteiger partial charge in [-0.2, -0.15) is 13.2 Å². The van der Waals surface area contributed by atoms with E-state index in [1.807, 2.05) is 13.1 Å². The summed E-state index contributed by atoms with van der Waals surface area (Å²) in [5.74, 6) is 0. The molecule has 0 saturated carbocycles. The van der Waals surface area contributed by atoms with Crippen molar-refractivity contribution in [2.24, 2.45) is 0 Å². The molecule has 2 aromatic rings. The third-order valence-electron chi connectivity index (χ3n) is 3.09. The zero-order valence-corrected chi connectivity index (χ0v) is 13.9. The molecule has 0 fully saturated rings. The Morgan fingerprint density at radius 2 is 1.87 bits per heavy atom. The topological polar surface area (TPSA) is 59.1 Å². The Morgan fingerprint density at radius 3 is 2.39 bits per heavy atom. The van der Waals surface area contributed by atoms with Crippen LogP contribution in [0.1, 0.15) is 16.8 Å². The van der Waals surface area contributed by atoms with Crippen molar-refractivity contribution in [3.05, 3.63) is 40.3 Å². The highest BCUT2D eigenvalue weighted by molar-refractivity contribution is 7.92. The summed E-state index contributed by atoms with van der Waals surface area (Å²) in [5, 5.41) is 4.01. The van der Waals surface area contributed by atoms with Crippen LogP contribution in [0.2, 0.25) is 0 Å². The third-order valence-corrected chi connectivity index (χ3v) is 5.79. The van der Waals surface area contributed by atoms with Crippen LogP contribution in [-0.2, 0) is 22.7 Å². The number of aromatic nitrogens is 1. The number of hydrogen-bond acceptors (Lipinski definition) is 5. The molecule has 0 atom stereocenters. The molecule has 1 aromatic heterocycles. The van der Waals surface area contributed by atoms with Crippen LogP contribution in [-0.4, -0.2) is 25.5 Å². The van der Waals surface area contributed by atoms with Crippen LogP contribution in [0.15, 0.2) is 35.4 Å². The molecule has 0 saturated heterocycles. The Hall–Kier alpha value is -1.61. The van der Waals surface area contributed by atoms with Gasteiger partial charge in [0.05, 0.1) is 9.90 Å². The number of thiazole rings is 1. The van der Waals surface area contributed by atoms with Crippen molar-refractivity contribution in [2.45, 2.75) is 30.2 Å². The first kappa shape index (κ1) is 17.7. The standard InChI is InChI=1S/C14H15F3N2O2S2/c1-2-11-9-19-13(22-11)7-8-18-10-3-5-12(6-4-10)23(20,21)14(15,16)17/h3-6,9,18H,2,7-8H2,1H3. The van der Waals surface area contributed by atoms with Gasteiger partial charge in [-0.15, -0.1) is 11.3 Å². The molecule has 0 aliphatic carbocycles. The van der Waals surface area contributed by atoms with Crippen LogP contribution in [0.4, 0.5) is 18.9 Å². The van der Waals surface area contributed by atoms with E-state index in [2.05, 4.69) is 10.3 Å². The summed E-state index contributed by atoms with van der Waals surface area (Å²) in [4.78, 5) is 4.70. The van der Waals surface area contributed by atoms with Gasteiger partial charge in [0.2, 0.25) is 0 Å². The maximum absolute atomic E-state index is 12.4. The van der Waals surface area contributed by atoms with E-state index in [0.717, 1.165) is 23.6 Å². The Morgan fingerprint density at radius 1 is 1.22 bits per heavy atom. The van der Waals surface area contributed by atoms with Gasteiger partial charge in [0.25, 0.3) is 9.84 Å². The van der Waals surface area contributed by atoms with Crippen molar-refractivity contribution in [3.63, 3.8) is 0 Å². The fraction of sp³-hybridized carbons (Fsp3) is 0.357. The molecule has 1 N–H and O–H groups in total. The molecular weight excluding hydrogens is 349 g/mol. The van der Waals surface area contributed by atoms with Crippen molar-refractivity contribution in [1.29, 1.82) is 0 Å². The molecule has 23 heavy (non-hydrogen) atoms. The van der Waals surface area contributed by atoms with Crippen molar-refractivity contribution in [3.8, 4) is 0 Å². The number of aryl methyl sites for hydroxylation is 1. The summed E-state index contributed by atoms with van der Waals surface area (Å²) in [6, 6.07) is 4.53. The predicted octanol–water partition coefficient (Wildman–Crippen LogP) is 3.65. The molecule has 0 radical (unpaired) electrons. The SMILES string of the molecule is CCc1cnc(CCNc2ccc(S(=O)(=O)C(F)(F)F)cc2)s1. The number of anilines is 1. The summed E-state index contributed by atoms with van der Waals surface area (Å²) < 4.78 is 59.8. The van der Waals surface area contributed by atoms with Crippen LogP contribution < -0.4 is 5.32 Å². The van der Waals surface area contributed by atoms with E-state index in [4.69, 9.17) is 0 Å². The van der Waals surface area contributed by atoms with E-state index < -0.39 is 20.2 Å². The van der Waals surface area contributed by atoms with Crippen LogP contribution in [0.25, 0.3) is 0 Å². The molecule has 0 aliphatic heterocycles. The first-order chi connectivity index (χ1) is 10.7. The summed E-state index contributed by atoms with van der Waals surface area (Å²) >= 11 is 1.62. The highest BCUT2D eigenvalue weighted by Crippen LogP contribution is 2.30. The van der Waals surface area contributed by atoms with Gasteiger partial charge in [-0.3, -0.25) is 0 Å². The molecule has 0 unspecified atom stereocenters. The van der Waals surface area contributed by atoms with Gasteiger partial charge >= 0.3 is 5.51 Å².